The minimum Gasteiger partial charge on any atom is -0.352 e. The predicted octanol–water partition coefficient (Wildman–Crippen LogP) is 2.89. The Balaban J connectivity index is 1.80. The smallest absolute Gasteiger partial charge is 0.230 e. The molecule has 1 aliphatic carbocycles. The maximum Gasteiger partial charge on any atom is 0.230 e. The summed E-state index contributed by atoms with van der Waals surface area (Å²) in [5.41, 5.74) is 0.306. The number of carbonyl (C=O) groups excluding carboxylic acids is 1. The third-order valence-electron chi connectivity index (χ3n) is 5.23. The third kappa shape index (κ3) is 3.02. The summed E-state index contributed by atoms with van der Waals surface area (Å²) in [5, 5.41) is 6.65. The number of amides is 1. The lowest BCUT2D eigenvalue weighted by molar-refractivity contribution is -0.127. The summed E-state index contributed by atoms with van der Waals surface area (Å²) in [6.07, 6.45) is 5.64. The van der Waals surface area contributed by atoms with E-state index >= 15 is 0 Å². The van der Waals surface area contributed by atoms with Crippen LogP contribution in [0.1, 0.15) is 51.0 Å². The van der Waals surface area contributed by atoms with E-state index in [0.29, 0.717) is 6.04 Å². The fraction of sp³-hybridized carbons (Fsp3) is 0.611. The molecule has 1 aliphatic heterocycles. The molecule has 1 saturated heterocycles. The van der Waals surface area contributed by atoms with Crippen molar-refractivity contribution in [2.75, 3.05) is 6.54 Å². The summed E-state index contributed by atoms with van der Waals surface area (Å²) in [6.45, 7) is 3.09. The SMILES string of the molecule is CC1CC(NC(=O)C2(c3cccc(F)c3)CCCC2)CCN1. The van der Waals surface area contributed by atoms with Gasteiger partial charge in [0.2, 0.25) is 5.91 Å². The lowest BCUT2D eigenvalue weighted by Crippen LogP contribution is -2.51. The normalized spacial score (nSPS) is 27.5. The molecule has 0 radical (unpaired) electrons. The number of hydrogen-bond acceptors (Lipinski definition) is 2. The molecule has 0 spiro atoms. The van der Waals surface area contributed by atoms with E-state index in [0.717, 1.165) is 50.6 Å². The van der Waals surface area contributed by atoms with Crippen LogP contribution in [-0.4, -0.2) is 24.5 Å². The first-order valence-electron chi connectivity index (χ1n) is 8.40. The van der Waals surface area contributed by atoms with Crippen molar-refractivity contribution in [1.82, 2.24) is 10.6 Å². The molecular weight excluding hydrogens is 279 g/mol. The monoisotopic (exact) mass is 304 g/mol. The molecule has 2 unspecified atom stereocenters. The molecule has 0 bridgehead atoms. The van der Waals surface area contributed by atoms with Crippen LogP contribution in [0.15, 0.2) is 24.3 Å². The molecule has 0 aromatic heterocycles. The highest BCUT2D eigenvalue weighted by Crippen LogP contribution is 2.41. The molecule has 22 heavy (non-hydrogen) atoms. The van der Waals surface area contributed by atoms with E-state index < -0.39 is 5.41 Å². The van der Waals surface area contributed by atoms with Gasteiger partial charge >= 0.3 is 0 Å². The van der Waals surface area contributed by atoms with Crippen molar-refractivity contribution in [1.29, 1.82) is 0 Å². The zero-order valence-corrected chi connectivity index (χ0v) is 13.2. The Kier molecular flexibility index (Phi) is 4.48. The zero-order valence-electron chi connectivity index (χ0n) is 13.2. The first kappa shape index (κ1) is 15.5. The summed E-state index contributed by atoms with van der Waals surface area (Å²) in [6, 6.07) is 7.26. The highest BCUT2D eigenvalue weighted by atomic mass is 19.1. The van der Waals surface area contributed by atoms with Gasteiger partial charge in [-0.2, -0.15) is 0 Å². The van der Waals surface area contributed by atoms with Crippen molar-refractivity contribution in [3.63, 3.8) is 0 Å². The lowest BCUT2D eigenvalue weighted by atomic mass is 9.77. The van der Waals surface area contributed by atoms with E-state index in [-0.39, 0.29) is 17.8 Å². The molecular formula is C18H25FN2O. The van der Waals surface area contributed by atoms with Crippen molar-refractivity contribution in [3.8, 4) is 0 Å². The molecule has 1 saturated carbocycles. The molecule has 1 amide bonds. The average molecular weight is 304 g/mol. The second-order valence-electron chi connectivity index (χ2n) is 6.85. The van der Waals surface area contributed by atoms with Gasteiger partial charge in [-0.1, -0.05) is 25.0 Å². The Bertz CT molecular complexity index is 540. The highest BCUT2D eigenvalue weighted by Gasteiger charge is 2.43. The third-order valence-corrected chi connectivity index (χ3v) is 5.23. The molecule has 1 heterocycles. The lowest BCUT2D eigenvalue weighted by Gasteiger charge is -2.34. The van der Waals surface area contributed by atoms with Crippen LogP contribution in [-0.2, 0) is 10.2 Å². The minimum atomic E-state index is -0.532. The molecule has 2 fully saturated rings. The number of halogens is 1. The molecule has 1 aromatic carbocycles. The van der Waals surface area contributed by atoms with E-state index in [4.69, 9.17) is 0 Å². The summed E-state index contributed by atoms with van der Waals surface area (Å²) in [5.74, 6) is -0.165. The second kappa shape index (κ2) is 6.37. The Morgan fingerprint density at radius 3 is 2.82 bits per heavy atom. The fourth-order valence-corrected chi connectivity index (χ4v) is 4.00. The van der Waals surface area contributed by atoms with E-state index in [1.165, 1.54) is 12.1 Å². The van der Waals surface area contributed by atoms with E-state index in [9.17, 15) is 9.18 Å². The van der Waals surface area contributed by atoms with Crippen LogP contribution in [0.25, 0.3) is 0 Å². The van der Waals surface area contributed by atoms with Crippen LogP contribution in [0.3, 0.4) is 0 Å². The van der Waals surface area contributed by atoms with E-state index in [2.05, 4.69) is 17.6 Å². The Morgan fingerprint density at radius 2 is 2.14 bits per heavy atom. The van der Waals surface area contributed by atoms with Crippen molar-refractivity contribution in [2.24, 2.45) is 0 Å². The number of nitrogens with one attached hydrogen (secondary N) is 2. The molecule has 1 aromatic rings. The number of piperidine rings is 1. The molecule has 120 valence electrons. The Morgan fingerprint density at radius 1 is 1.36 bits per heavy atom. The van der Waals surface area contributed by atoms with Crippen LogP contribution in [0.4, 0.5) is 4.39 Å². The topological polar surface area (TPSA) is 41.1 Å². The van der Waals surface area contributed by atoms with Gasteiger partial charge in [0, 0.05) is 12.1 Å². The van der Waals surface area contributed by atoms with Gasteiger partial charge in [0.25, 0.3) is 0 Å². The Hall–Kier alpha value is -1.42. The van der Waals surface area contributed by atoms with Gasteiger partial charge in [-0.3, -0.25) is 4.79 Å². The zero-order chi connectivity index (χ0) is 15.6. The van der Waals surface area contributed by atoms with E-state index in [1.807, 2.05) is 6.07 Å². The van der Waals surface area contributed by atoms with Gasteiger partial charge in [0.15, 0.2) is 0 Å². The molecule has 2 aliphatic rings. The van der Waals surface area contributed by atoms with Crippen molar-refractivity contribution in [3.05, 3.63) is 35.6 Å². The summed E-state index contributed by atoms with van der Waals surface area (Å²) in [4.78, 5) is 13.0. The first-order valence-corrected chi connectivity index (χ1v) is 8.40. The number of benzene rings is 1. The maximum atomic E-state index is 13.6. The van der Waals surface area contributed by atoms with Gasteiger partial charge in [-0.25, -0.2) is 4.39 Å². The molecule has 3 nitrogen and oxygen atoms in total. The summed E-state index contributed by atoms with van der Waals surface area (Å²) < 4.78 is 13.6. The number of carbonyl (C=O) groups is 1. The standard InChI is InChI=1S/C18H25FN2O/c1-13-11-16(7-10-20-13)21-17(22)18(8-2-3-9-18)14-5-4-6-15(19)12-14/h4-6,12-13,16,20H,2-3,7-11H2,1H3,(H,21,22). The molecule has 2 atom stereocenters. The van der Waals surface area contributed by atoms with Crippen molar-refractivity contribution < 1.29 is 9.18 Å². The minimum absolute atomic E-state index is 0.0923. The number of hydrogen-bond donors (Lipinski definition) is 2. The van der Waals surface area contributed by atoms with Gasteiger partial charge in [-0.15, -0.1) is 0 Å². The predicted molar refractivity (Wildman–Crippen MR) is 85.2 cm³/mol. The average Bonchev–Trinajstić information content (AvgIpc) is 2.98. The van der Waals surface area contributed by atoms with Crippen molar-refractivity contribution >= 4 is 5.91 Å². The maximum absolute atomic E-state index is 13.6. The Labute approximate surface area is 131 Å². The van der Waals surface area contributed by atoms with Crippen LogP contribution in [0.2, 0.25) is 0 Å². The largest absolute Gasteiger partial charge is 0.352 e. The molecule has 2 N–H and O–H groups in total. The first-order chi connectivity index (χ1) is 10.6. The second-order valence-corrected chi connectivity index (χ2v) is 6.85. The summed E-state index contributed by atoms with van der Waals surface area (Å²) in [7, 11) is 0. The summed E-state index contributed by atoms with van der Waals surface area (Å²) >= 11 is 0. The van der Waals surface area contributed by atoms with Crippen molar-refractivity contribution in [2.45, 2.75) is 62.9 Å². The number of rotatable bonds is 3. The van der Waals surface area contributed by atoms with Gasteiger partial charge < -0.3 is 10.6 Å². The van der Waals surface area contributed by atoms with Crippen LogP contribution >= 0.6 is 0 Å². The fourth-order valence-electron chi connectivity index (χ4n) is 4.00. The van der Waals surface area contributed by atoms with E-state index in [1.54, 1.807) is 6.07 Å². The van der Waals surface area contributed by atoms with Crippen LogP contribution in [0, 0.1) is 5.82 Å². The van der Waals surface area contributed by atoms with Gasteiger partial charge in [0.05, 0.1) is 5.41 Å². The van der Waals surface area contributed by atoms with Crippen LogP contribution < -0.4 is 10.6 Å². The molecule has 4 heteroatoms. The molecule has 3 rings (SSSR count). The quantitative estimate of drug-likeness (QED) is 0.901. The van der Waals surface area contributed by atoms with Crippen LogP contribution in [0.5, 0.6) is 0 Å². The van der Waals surface area contributed by atoms with Gasteiger partial charge in [0.1, 0.15) is 5.82 Å². The van der Waals surface area contributed by atoms with Gasteiger partial charge in [-0.05, 0) is 56.8 Å². The highest BCUT2D eigenvalue weighted by molar-refractivity contribution is 5.88.